The van der Waals surface area contributed by atoms with Gasteiger partial charge in [-0.05, 0) is 24.6 Å². The molecule has 4 nitrogen and oxygen atoms in total. The molecule has 1 aromatic heterocycles. The Balaban J connectivity index is 2.42. The van der Waals surface area contributed by atoms with E-state index in [0.29, 0.717) is 5.69 Å². The predicted octanol–water partition coefficient (Wildman–Crippen LogP) is 1.77. The van der Waals surface area contributed by atoms with E-state index in [1.165, 1.54) is 7.11 Å². The molecule has 0 bridgehead atoms. The number of carbonyl (C=O) groups is 1. The summed E-state index contributed by atoms with van der Waals surface area (Å²) in [7, 11) is 1.41. The Hall–Kier alpha value is -1.81. The van der Waals surface area contributed by atoms with Crippen LogP contribution in [0.5, 0.6) is 0 Å². The first kappa shape index (κ1) is 9.73. The van der Waals surface area contributed by atoms with Crippen LogP contribution in [0.25, 0.3) is 10.9 Å². The fraction of sp³-hybridized carbons (Fsp3) is 0.182. The number of aromatic nitrogens is 1. The lowest BCUT2D eigenvalue weighted by atomic mass is 10.2. The number of H-pyrrole nitrogens is 1. The second kappa shape index (κ2) is 3.74. The van der Waals surface area contributed by atoms with Crippen molar-refractivity contribution in [1.82, 2.24) is 10.5 Å². The van der Waals surface area contributed by atoms with Crippen molar-refractivity contribution in [3.8, 4) is 0 Å². The molecule has 2 aromatic rings. The number of hydrogen-bond donors (Lipinski definition) is 2. The number of amides is 1. The summed E-state index contributed by atoms with van der Waals surface area (Å²) in [6.45, 7) is 2.01. The predicted molar refractivity (Wildman–Crippen MR) is 57.5 cm³/mol. The van der Waals surface area contributed by atoms with Gasteiger partial charge in [0.25, 0.3) is 5.91 Å². The van der Waals surface area contributed by atoms with Gasteiger partial charge < -0.3 is 4.98 Å². The van der Waals surface area contributed by atoms with Crippen LogP contribution in [0, 0.1) is 6.92 Å². The molecular formula is C11H12N2O2. The minimum Gasteiger partial charge on any atom is -0.350 e. The molecule has 15 heavy (non-hydrogen) atoms. The number of carbonyl (C=O) groups excluding carboxylic acids is 1. The van der Waals surface area contributed by atoms with E-state index in [9.17, 15) is 4.79 Å². The van der Waals surface area contributed by atoms with Crippen LogP contribution >= 0.6 is 0 Å². The van der Waals surface area contributed by atoms with E-state index in [2.05, 4.69) is 15.3 Å². The van der Waals surface area contributed by atoms with E-state index in [0.717, 1.165) is 16.5 Å². The highest BCUT2D eigenvalue weighted by molar-refractivity contribution is 5.97. The van der Waals surface area contributed by atoms with Crippen molar-refractivity contribution in [1.29, 1.82) is 0 Å². The first-order valence-electron chi connectivity index (χ1n) is 4.63. The molecule has 0 saturated heterocycles. The van der Waals surface area contributed by atoms with Crippen LogP contribution < -0.4 is 5.48 Å². The fourth-order valence-corrected chi connectivity index (χ4v) is 1.51. The molecule has 0 saturated carbocycles. The Kier molecular flexibility index (Phi) is 2.43. The molecule has 78 valence electrons. The smallest absolute Gasteiger partial charge is 0.291 e. The van der Waals surface area contributed by atoms with Gasteiger partial charge in [-0.1, -0.05) is 12.1 Å². The number of benzene rings is 1. The molecule has 0 radical (unpaired) electrons. The number of aromatic amines is 1. The highest BCUT2D eigenvalue weighted by Gasteiger charge is 2.08. The summed E-state index contributed by atoms with van der Waals surface area (Å²) < 4.78 is 0. The zero-order valence-electron chi connectivity index (χ0n) is 8.63. The lowest BCUT2D eigenvalue weighted by molar-refractivity contribution is 0.0533. The van der Waals surface area contributed by atoms with Gasteiger partial charge in [-0.2, -0.15) is 0 Å². The maximum Gasteiger partial charge on any atom is 0.291 e. The third-order valence-electron chi connectivity index (χ3n) is 2.22. The monoisotopic (exact) mass is 204 g/mol. The first-order chi connectivity index (χ1) is 7.20. The molecule has 0 unspecified atom stereocenters. The highest BCUT2D eigenvalue weighted by atomic mass is 16.6. The van der Waals surface area contributed by atoms with Gasteiger partial charge in [0, 0.05) is 10.9 Å². The van der Waals surface area contributed by atoms with Crippen molar-refractivity contribution in [2.45, 2.75) is 6.92 Å². The van der Waals surface area contributed by atoms with Crippen LogP contribution in [0.3, 0.4) is 0 Å². The van der Waals surface area contributed by atoms with Crippen LogP contribution in [0.4, 0.5) is 0 Å². The first-order valence-corrected chi connectivity index (χ1v) is 4.63. The lowest BCUT2D eigenvalue weighted by Gasteiger charge is -1.97. The third-order valence-corrected chi connectivity index (χ3v) is 2.22. The van der Waals surface area contributed by atoms with Crippen molar-refractivity contribution < 1.29 is 9.63 Å². The van der Waals surface area contributed by atoms with Crippen LogP contribution in [0.1, 0.15) is 16.1 Å². The standard InChI is InChI=1S/C11H12N2O2/c1-7-3-4-8-6-10(11(14)13-15-2)12-9(8)5-7/h3-6,12H,1-2H3,(H,13,14). The zero-order valence-corrected chi connectivity index (χ0v) is 8.63. The van der Waals surface area contributed by atoms with E-state index in [-0.39, 0.29) is 5.91 Å². The van der Waals surface area contributed by atoms with Crippen LogP contribution in [0.15, 0.2) is 24.3 Å². The summed E-state index contributed by atoms with van der Waals surface area (Å²) in [6, 6.07) is 7.78. The molecule has 0 atom stereocenters. The second-order valence-corrected chi connectivity index (χ2v) is 3.41. The van der Waals surface area contributed by atoms with Gasteiger partial charge >= 0.3 is 0 Å². The van der Waals surface area contributed by atoms with Crippen LogP contribution in [-0.4, -0.2) is 18.0 Å². The van der Waals surface area contributed by atoms with Gasteiger partial charge in [-0.15, -0.1) is 0 Å². The molecule has 2 rings (SSSR count). The van der Waals surface area contributed by atoms with Gasteiger partial charge in [-0.25, -0.2) is 5.48 Å². The van der Waals surface area contributed by atoms with Crippen LogP contribution in [-0.2, 0) is 4.84 Å². The third kappa shape index (κ3) is 1.85. The van der Waals surface area contributed by atoms with Gasteiger partial charge in [0.1, 0.15) is 5.69 Å². The molecule has 0 spiro atoms. The summed E-state index contributed by atoms with van der Waals surface area (Å²) >= 11 is 0. The van der Waals surface area contributed by atoms with E-state index >= 15 is 0 Å². The molecule has 0 aliphatic carbocycles. The molecule has 4 heteroatoms. The summed E-state index contributed by atoms with van der Waals surface area (Å²) in [5.41, 5.74) is 4.88. The van der Waals surface area contributed by atoms with E-state index in [4.69, 9.17) is 0 Å². The molecule has 2 N–H and O–H groups in total. The molecular weight excluding hydrogens is 192 g/mol. The number of fused-ring (bicyclic) bond motifs is 1. The number of aryl methyl sites for hydroxylation is 1. The Bertz CT molecular complexity index is 502. The van der Waals surface area contributed by atoms with Gasteiger partial charge in [0.15, 0.2) is 0 Å². The molecule has 0 fully saturated rings. The zero-order chi connectivity index (χ0) is 10.8. The molecule has 1 heterocycles. The van der Waals surface area contributed by atoms with Crippen molar-refractivity contribution in [3.05, 3.63) is 35.5 Å². The molecule has 1 aromatic carbocycles. The number of nitrogens with one attached hydrogen (secondary N) is 2. The molecule has 1 amide bonds. The largest absolute Gasteiger partial charge is 0.350 e. The van der Waals surface area contributed by atoms with Gasteiger partial charge in [-0.3, -0.25) is 9.63 Å². The lowest BCUT2D eigenvalue weighted by Crippen LogP contribution is -2.21. The fourth-order valence-electron chi connectivity index (χ4n) is 1.51. The average molecular weight is 204 g/mol. The van der Waals surface area contributed by atoms with Gasteiger partial charge in [0.05, 0.1) is 7.11 Å². The molecule has 0 aliphatic heterocycles. The highest BCUT2D eigenvalue weighted by Crippen LogP contribution is 2.16. The average Bonchev–Trinajstić information content (AvgIpc) is 2.60. The summed E-state index contributed by atoms with van der Waals surface area (Å²) in [5, 5.41) is 1.02. The Morgan fingerprint density at radius 2 is 2.20 bits per heavy atom. The number of hydroxylamine groups is 1. The van der Waals surface area contributed by atoms with E-state index in [1.807, 2.05) is 25.1 Å². The van der Waals surface area contributed by atoms with Crippen molar-refractivity contribution in [2.24, 2.45) is 0 Å². The van der Waals surface area contributed by atoms with Crippen molar-refractivity contribution >= 4 is 16.8 Å². The quantitative estimate of drug-likeness (QED) is 0.732. The van der Waals surface area contributed by atoms with Crippen molar-refractivity contribution in [3.63, 3.8) is 0 Å². The number of rotatable bonds is 2. The van der Waals surface area contributed by atoms with Crippen LogP contribution in [0.2, 0.25) is 0 Å². The van der Waals surface area contributed by atoms with Gasteiger partial charge in [0.2, 0.25) is 0 Å². The Labute approximate surface area is 87.2 Å². The second-order valence-electron chi connectivity index (χ2n) is 3.41. The maximum absolute atomic E-state index is 11.4. The topological polar surface area (TPSA) is 54.1 Å². The summed E-state index contributed by atoms with van der Waals surface area (Å²) in [5.74, 6) is -0.272. The number of hydrogen-bond acceptors (Lipinski definition) is 2. The van der Waals surface area contributed by atoms with E-state index < -0.39 is 0 Å². The molecule has 0 aliphatic rings. The normalized spacial score (nSPS) is 10.5. The minimum atomic E-state index is -0.272. The Morgan fingerprint density at radius 3 is 2.93 bits per heavy atom. The summed E-state index contributed by atoms with van der Waals surface area (Å²) in [6.07, 6.45) is 0. The minimum absolute atomic E-state index is 0.272. The Morgan fingerprint density at radius 1 is 1.40 bits per heavy atom. The summed E-state index contributed by atoms with van der Waals surface area (Å²) in [4.78, 5) is 19.0. The van der Waals surface area contributed by atoms with Crippen molar-refractivity contribution in [2.75, 3.05) is 7.11 Å². The maximum atomic E-state index is 11.4. The SMILES string of the molecule is CONC(=O)c1cc2ccc(C)cc2[nH]1. The van der Waals surface area contributed by atoms with E-state index in [1.54, 1.807) is 6.07 Å².